The maximum absolute atomic E-state index is 6.10. The number of ether oxygens (including phenoxy) is 2. The Morgan fingerprint density at radius 3 is 2.60 bits per heavy atom. The van der Waals surface area contributed by atoms with E-state index in [-0.39, 0.29) is 0 Å². The second kappa shape index (κ2) is 4.62. The Balaban J connectivity index is 2.24. The van der Waals surface area contributed by atoms with Gasteiger partial charge in [0.1, 0.15) is 13.2 Å². The minimum absolute atomic E-state index is 0.588. The van der Waals surface area contributed by atoms with Gasteiger partial charge in [0.05, 0.1) is 10.7 Å². The molecule has 1 N–H and O–H groups in total. The lowest BCUT2D eigenvalue weighted by Crippen LogP contribution is -2.15. The normalized spacial score (nSPS) is 13.7. The van der Waals surface area contributed by atoms with Crippen LogP contribution in [0.1, 0.15) is 13.3 Å². The van der Waals surface area contributed by atoms with Crippen molar-refractivity contribution in [3.63, 3.8) is 0 Å². The Hall–Kier alpha value is -1.09. The van der Waals surface area contributed by atoms with E-state index in [0.717, 1.165) is 30.2 Å². The van der Waals surface area contributed by atoms with Crippen LogP contribution < -0.4 is 14.8 Å². The van der Waals surface area contributed by atoms with Crippen LogP contribution in [0.25, 0.3) is 0 Å². The van der Waals surface area contributed by atoms with Crippen molar-refractivity contribution in [2.75, 3.05) is 25.1 Å². The number of hydrogen-bond acceptors (Lipinski definition) is 3. The lowest BCUT2D eigenvalue weighted by Gasteiger charge is -2.20. The van der Waals surface area contributed by atoms with Crippen molar-refractivity contribution in [1.29, 1.82) is 0 Å². The molecule has 0 radical (unpaired) electrons. The molecule has 2 rings (SSSR count). The van der Waals surface area contributed by atoms with Crippen LogP contribution in [-0.4, -0.2) is 19.8 Å². The van der Waals surface area contributed by atoms with Crippen LogP contribution >= 0.6 is 11.6 Å². The van der Waals surface area contributed by atoms with Gasteiger partial charge in [0.25, 0.3) is 0 Å². The molecule has 0 fully saturated rings. The quantitative estimate of drug-likeness (QED) is 0.861. The fourth-order valence-electron chi connectivity index (χ4n) is 1.46. The molecule has 82 valence electrons. The molecule has 0 bridgehead atoms. The summed E-state index contributed by atoms with van der Waals surface area (Å²) in [6, 6.07) is 3.69. The van der Waals surface area contributed by atoms with Crippen molar-refractivity contribution < 1.29 is 9.47 Å². The van der Waals surface area contributed by atoms with E-state index in [2.05, 4.69) is 12.2 Å². The molecular weight excluding hydrogens is 214 g/mol. The van der Waals surface area contributed by atoms with Crippen LogP contribution in [0.3, 0.4) is 0 Å². The first-order valence-electron chi connectivity index (χ1n) is 5.14. The predicted molar refractivity (Wildman–Crippen MR) is 61.2 cm³/mol. The smallest absolute Gasteiger partial charge is 0.163 e. The highest BCUT2D eigenvalue weighted by atomic mass is 35.5. The zero-order valence-electron chi connectivity index (χ0n) is 8.68. The van der Waals surface area contributed by atoms with Crippen LogP contribution in [0.4, 0.5) is 5.69 Å². The van der Waals surface area contributed by atoms with Crippen LogP contribution in [0, 0.1) is 0 Å². The van der Waals surface area contributed by atoms with E-state index in [1.807, 2.05) is 6.07 Å². The topological polar surface area (TPSA) is 30.5 Å². The summed E-state index contributed by atoms with van der Waals surface area (Å²) < 4.78 is 10.9. The van der Waals surface area contributed by atoms with Gasteiger partial charge in [-0.25, -0.2) is 0 Å². The van der Waals surface area contributed by atoms with Crippen molar-refractivity contribution in [2.24, 2.45) is 0 Å². The van der Waals surface area contributed by atoms with E-state index in [0.29, 0.717) is 18.2 Å². The van der Waals surface area contributed by atoms with Gasteiger partial charge in [-0.1, -0.05) is 18.5 Å². The first-order valence-corrected chi connectivity index (χ1v) is 5.52. The number of nitrogens with one attached hydrogen (secondary N) is 1. The molecule has 1 heterocycles. The molecule has 0 saturated carbocycles. The molecule has 4 heteroatoms. The van der Waals surface area contributed by atoms with Crippen molar-refractivity contribution >= 4 is 17.3 Å². The molecule has 0 aliphatic carbocycles. The average Bonchev–Trinajstić information content (AvgIpc) is 2.26. The zero-order valence-corrected chi connectivity index (χ0v) is 9.43. The number of anilines is 1. The molecule has 0 atom stereocenters. The summed E-state index contributed by atoms with van der Waals surface area (Å²) in [6.07, 6.45) is 1.06. The van der Waals surface area contributed by atoms with Crippen LogP contribution in [0.2, 0.25) is 5.02 Å². The molecule has 1 aliphatic heterocycles. The second-order valence-electron chi connectivity index (χ2n) is 3.40. The minimum atomic E-state index is 0.588. The first kappa shape index (κ1) is 10.4. The molecule has 0 spiro atoms. The van der Waals surface area contributed by atoms with E-state index in [9.17, 15) is 0 Å². The number of hydrogen-bond donors (Lipinski definition) is 1. The highest BCUT2D eigenvalue weighted by molar-refractivity contribution is 6.33. The molecule has 1 aliphatic rings. The third-order valence-electron chi connectivity index (χ3n) is 2.20. The average molecular weight is 228 g/mol. The summed E-state index contributed by atoms with van der Waals surface area (Å²) in [5.41, 5.74) is 0.905. The van der Waals surface area contributed by atoms with Gasteiger partial charge in [0.15, 0.2) is 11.5 Å². The van der Waals surface area contributed by atoms with E-state index in [1.165, 1.54) is 0 Å². The fraction of sp³-hybridized carbons (Fsp3) is 0.455. The molecule has 15 heavy (non-hydrogen) atoms. The summed E-state index contributed by atoms with van der Waals surface area (Å²) in [5, 5.41) is 3.92. The standard InChI is InChI=1S/C11H14ClNO2/c1-2-3-13-9-7-11-10(6-8(9)12)14-4-5-15-11/h6-7,13H,2-5H2,1H3. The Labute approximate surface area is 94.3 Å². The van der Waals surface area contributed by atoms with Crippen molar-refractivity contribution in [3.8, 4) is 11.5 Å². The number of halogens is 1. The zero-order chi connectivity index (χ0) is 10.7. The van der Waals surface area contributed by atoms with Gasteiger partial charge < -0.3 is 14.8 Å². The van der Waals surface area contributed by atoms with Gasteiger partial charge in [0.2, 0.25) is 0 Å². The van der Waals surface area contributed by atoms with E-state index < -0.39 is 0 Å². The summed E-state index contributed by atoms with van der Waals surface area (Å²) in [5.74, 6) is 1.50. The lowest BCUT2D eigenvalue weighted by atomic mass is 10.2. The molecule has 3 nitrogen and oxygen atoms in total. The molecule has 0 saturated heterocycles. The van der Waals surface area contributed by atoms with Gasteiger partial charge in [-0.05, 0) is 6.42 Å². The molecule has 0 amide bonds. The van der Waals surface area contributed by atoms with Gasteiger partial charge in [-0.2, -0.15) is 0 Å². The van der Waals surface area contributed by atoms with Crippen LogP contribution in [0.15, 0.2) is 12.1 Å². The Bertz CT molecular complexity index is 355. The van der Waals surface area contributed by atoms with E-state index in [4.69, 9.17) is 21.1 Å². The third kappa shape index (κ3) is 2.29. The number of benzene rings is 1. The van der Waals surface area contributed by atoms with Gasteiger partial charge in [-0.15, -0.1) is 0 Å². The predicted octanol–water partition coefficient (Wildman–Crippen LogP) is 2.93. The minimum Gasteiger partial charge on any atom is -0.486 e. The maximum Gasteiger partial charge on any atom is 0.163 e. The summed E-state index contributed by atoms with van der Waals surface area (Å²) in [6.45, 7) is 4.20. The summed E-state index contributed by atoms with van der Waals surface area (Å²) >= 11 is 6.10. The summed E-state index contributed by atoms with van der Waals surface area (Å²) in [7, 11) is 0. The second-order valence-corrected chi connectivity index (χ2v) is 3.81. The number of fused-ring (bicyclic) bond motifs is 1. The Morgan fingerprint density at radius 1 is 1.27 bits per heavy atom. The highest BCUT2D eigenvalue weighted by Crippen LogP contribution is 2.37. The molecule has 1 aromatic rings. The van der Waals surface area contributed by atoms with Crippen LogP contribution in [-0.2, 0) is 0 Å². The molecule has 0 unspecified atom stereocenters. The Morgan fingerprint density at radius 2 is 1.93 bits per heavy atom. The van der Waals surface area contributed by atoms with Crippen LogP contribution in [0.5, 0.6) is 11.5 Å². The fourth-order valence-corrected chi connectivity index (χ4v) is 1.68. The molecular formula is C11H14ClNO2. The van der Waals surface area contributed by atoms with Crippen molar-refractivity contribution in [3.05, 3.63) is 17.2 Å². The highest BCUT2D eigenvalue weighted by Gasteiger charge is 2.14. The van der Waals surface area contributed by atoms with E-state index >= 15 is 0 Å². The largest absolute Gasteiger partial charge is 0.486 e. The maximum atomic E-state index is 6.10. The van der Waals surface area contributed by atoms with Gasteiger partial charge in [-0.3, -0.25) is 0 Å². The van der Waals surface area contributed by atoms with Crippen molar-refractivity contribution in [1.82, 2.24) is 0 Å². The van der Waals surface area contributed by atoms with Gasteiger partial charge >= 0.3 is 0 Å². The monoisotopic (exact) mass is 227 g/mol. The lowest BCUT2D eigenvalue weighted by molar-refractivity contribution is 0.171. The first-order chi connectivity index (χ1) is 7.31. The summed E-state index contributed by atoms with van der Waals surface area (Å²) in [4.78, 5) is 0. The third-order valence-corrected chi connectivity index (χ3v) is 2.51. The van der Waals surface area contributed by atoms with E-state index in [1.54, 1.807) is 6.07 Å². The van der Waals surface area contributed by atoms with Gasteiger partial charge in [0, 0.05) is 18.7 Å². The molecule has 1 aromatic carbocycles. The number of rotatable bonds is 3. The SMILES string of the molecule is CCCNc1cc2c(cc1Cl)OCCO2. The molecule has 0 aromatic heterocycles. The Kier molecular flexibility index (Phi) is 3.21. The van der Waals surface area contributed by atoms with Crippen molar-refractivity contribution in [2.45, 2.75) is 13.3 Å².